The SMILES string of the molecule is CN1CCN(CCCCN/C=C/S(=O)(=O)c2cc3c(Nc4cccc(Br)c4)ncnc3cn2)CC1. The van der Waals surface area contributed by atoms with E-state index in [1.807, 2.05) is 24.3 Å². The summed E-state index contributed by atoms with van der Waals surface area (Å²) in [5, 5.41) is 8.00. The fraction of sp³-hybridized carbons (Fsp3) is 0.375. The van der Waals surface area contributed by atoms with Gasteiger partial charge in [0, 0.05) is 54.5 Å². The number of nitrogens with one attached hydrogen (secondary N) is 2. The van der Waals surface area contributed by atoms with Crippen molar-refractivity contribution in [2.45, 2.75) is 17.9 Å². The molecule has 0 spiro atoms. The molecule has 0 amide bonds. The Morgan fingerprint density at radius 1 is 1.09 bits per heavy atom. The van der Waals surface area contributed by atoms with Crippen molar-refractivity contribution in [1.29, 1.82) is 0 Å². The van der Waals surface area contributed by atoms with E-state index in [4.69, 9.17) is 0 Å². The molecule has 0 atom stereocenters. The Hall–Kier alpha value is -2.60. The fourth-order valence-electron chi connectivity index (χ4n) is 3.82. The zero-order chi connectivity index (χ0) is 24.7. The third kappa shape index (κ3) is 7.20. The highest BCUT2D eigenvalue weighted by atomic mass is 79.9. The summed E-state index contributed by atoms with van der Waals surface area (Å²) in [4.78, 5) is 17.5. The lowest BCUT2D eigenvalue weighted by Gasteiger charge is -2.32. The van der Waals surface area contributed by atoms with Crippen molar-refractivity contribution < 1.29 is 8.42 Å². The third-order valence-corrected chi connectivity index (χ3v) is 7.68. The molecule has 0 radical (unpaired) electrons. The van der Waals surface area contributed by atoms with Crippen molar-refractivity contribution in [2.24, 2.45) is 0 Å². The summed E-state index contributed by atoms with van der Waals surface area (Å²) < 4.78 is 26.6. The van der Waals surface area contributed by atoms with E-state index in [1.54, 1.807) is 0 Å². The Bertz CT molecular complexity index is 1280. The second-order valence-electron chi connectivity index (χ2n) is 8.55. The third-order valence-electron chi connectivity index (χ3n) is 5.88. The van der Waals surface area contributed by atoms with Crippen LogP contribution < -0.4 is 10.6 Å². The van der Waals surface area contributed by atoms with Gasteiger partial charge in [-0.25, -0.2) is 23.4 Å². The molecule has 11 heteroatoms. The number of anilines is 2. The van der Waals surface area contributed by atoms with Crippen LogP contribution in [0.15, 0.2) is 64.0 Å². The molecule has 2 aromatic heterocycles. The van der Waals surface area contributed by atoms with Crippen molar-refractivity contribution >= 4 is 48.2 Å². The summed E-state index contributed by atoms with van der Waals surface area (Å²) in [5.41, 5.74) is 1.37. The molecule has 3 aromatic rings. The molecule has 1 aliphatic rings. The van der Waals surface area contributed by atoms with Gasteiger partial charge >= 0.3 is 0 Å². The van der Waals surface area contributed by atoms with Gasteiger partial charge in [0.1, 0.15) is 12.1 Å². The molecule has 1 fully saturated rings. The number of fused-ring (bicyclic) bond motifs is 1. The minimum Gasteiger partial charge on any atom is -0.390 e. The average molecular weight is 561 g/mol. The zero-order valence-corrected chi connectivity index (χ0v) is 22.1. The van der Waals surface area contributed by atoms with Gasteiger partial charge < -0.3 is 20.4 Å². The van der Waals surface area contributed by atoms with Crippen molar-refractivity contribution in [2.75, 3.05) is 51.6 Å². The number of halogens is 1. The number of hydrogen-bond donors (Lipinski definition) is 2. The van der Waals surface area contributed by atoms with Crippen LogP contribution >= 0.6 is 15.9 Å². The predicted molar refractivity (Wildman–Crippen MR) is 142 cm³/mol. The van der Waals surface area contributed by atoms with Gasteiger partial charge in [0.25, 0.3) is 0 Å². The van der Waals surface area contributed by atoms with Gasteiger partial charge in [0.2, 0.25) is 9.84 Å². The maximum atomic E-state index is 12.8. The molecular weight excluding hydrogens is 530 g/mol. The van der Waals surface area contributed by atoms with Crippen LogP contribution in [0.25, 0.3) is 10.9 Å². The molecule has 35 heavy (non-hydrogen) atoms. The van der Waals surface area contributed by atoms with Gasteiger partial charge in [-0.05, 0) is 50.7 Å². The average Bonchev–Trinajstić information content (AvgIpc) is 2.84. The number of piperazine rings is 1. The maximum Gasteiger partial charge on any atom is 0.218 e. The first-order valence-electron chi connectivity index (χ1n) is 11.6. The number of benzene rings is 1. The number of nitrogens with zero attached hydrogens (tertiary/aromatic N) is 5. The van der Waals surface area contributed by atoms with Crippen LogP contribution in [0, 0.1) is 0 Å². The van der Waals surface area contributed by atoms with Crippen LogP contribution in [-0.4, -0.2) is 79.5 Å². The molecule has 0 unspecified atom stereocenters. The summed E-state index contributed by atoms with van der Waals surface area (Å²) in [5.74, 6) is 0.509. The quantitative estimate of drug-likeness (QED) is 0.361. The van der Waals surface area contributed by atoms with Crippen LogP contribution in [0.2, 0.25) is 0 Å². The molecular formula is C24H30BrN7O2S. The van der Waals surface area contributed by atoms with Crippen LogP contribution in [0.3, 0.4) is 0 Å². The normalized spacial score (nSPS) is 15.6. The van der Waals surface area contributed by atoms with E-state index in [0.29, 0.717) is 16.7 Å². The first kappa shape index (κ1) is 25.5. The van der Waals surface area contributed by atoms with Crippen LogP contribution in [0.4, 0.5) is 11.5 Å². The van der Waals surface area contributed by atoms with Gasteiger partial charge in [-0.15, -0.1) is 0 Å². The van der Waals surface area contributed by atoms with E-state index in [9.17, 15) is 8.42 Å². The Morgan fingerprint density at radius 2 is 1.91 bits per heavy atom. The zero-order valence-electron chi connectivity index (χ0n) is 19.7. The summed E-state index contributed by atoms with van der Waals surface area (Å²) in [6, 6.07) is 9.14. The maximum absolute atomic E-state index is 12.8. The summed E-state index contributed by atoms with van der Waals surface area (Å²) in [6.07, 6.45) is 6.42. The molecule has 0 saturated carbocycles. The second kappa shape index (κ2) is 11.9. The van der Waals surface area contributed by atoms with Gasteiger partial charge in [0.15, 0.2) is 5.03 Å². The number of aromatic nitrogens is 3. The molecule has 2 N–H and O–H groups in total. The Labute approximate surface area is 214 Å². The Kier molecular flexibility index (Phi) is 8.66. The van der Waals surface area contributed by atoms with Gasteiger partial charge in [-0.3, -0.25) is 0 Å². The number of rotatable bonds is 10. The summed E-state index contributed by atoms with van der Waals surface area (Å²) >= 11 is 3.45. The first-order chi connectivity index (χ1) is 16.9. The largest absolute Gasteiger partial charge is 0.390 e. The molecule has 9 nitrogen and oxygen atoms in total. The van der Waals surface area contributed by atoms with Crippen LogP contribution in [0.1, 0.15) is 12.8 Å². The van der Waals surface area contributed by atoms with E-state index in [1.165, 1.54) is 24.8 Å². The molecule has 0 aliphatic carbocycles. The molecule has 1 aliphatic heterocycles. The fourth-order valence-corrected chi connectivity index (χ4v) is 5.12. The standard InChI is InChI=1S/C24H30BrN7O2S/c1-31-10-12-32(13-11-31)9-3-2-7-26-8-14-35(33,34)23-16-21-22(17-27-23)28-18-29-24(21)30-20-6-4-5-19(25)15-20/h4-6,8,14-18,26H,2-3,7,9-13H2,1H3,(H,28,29,30)/b14-8+. The Morgan fingerprint density at radius 3 is 2.71 bits per heavy atom. The smallest absolute Gasteiger partial charge is 0.218 e. The molecule has 186 valence electrons. The predicted octanol–water partition coefficient (Wildman–Crippen LogP) is 3.39. The lowest BCUT2D eigenvalue weighted by atomic mass is 10.2. The molecule has 3 heterocycles. The monoisotopic (exact) mass is 559 g/mol. The number of pyridine rings is 1. The van der Waals surface area contributed by atoms with Crippen molar-refractivity contribution in [1.82, 2.24) is 30.1 Å². The van der Waals surface area contributed by atoms with E-state index < -0.39 is 9.84 Å². The number of sulfone groups is 1. The van der Waals surface area contributed by atoms with Crippen LogP contribution in [-0.2, 0) is 9.84 Å². The molecule has 4 rings (SSSR count). The molecule has 0 bridgehead atoms. The highest BCUT2D eigenvalue weighted by Gasteiger charge is 2.16. The Balaban J connectivity index is 1.34. The van der Waals surface area contributed by atoms with E-state index in [-0.39, 0.29) is 5.03 Å². The highest BCUT2D eigenvalue weighted by Crippen LogP contribution is 2.26. The molecule has 1 aromatic carbocycles. The van der Waals surface area contributed by atoms with Gasteiger partial charge in [0.05, 0.1) is 17.1 Å². The minimum absolute atomic E-state index is 0.0507. The lowest BCUT2D eigenvalue weighted by molar-refractivity contribution is 0.152. The van der Waals surface area contributed by atoms with Crippen molar-refractivity contribution in [3.63, 3.8) is 0 Å². The summed E-state index contributed by atoms with van der Waals surface area (Å²) in [7, 11) is -1.57. The second-order valence-corrected chi connectivity index (χ2v) is 11.2. The topological polar surface area (TPSA) is 103 Å². The van der Waals surface area contributed by atoms with E-state index in [2.05, 4.69) is 58.4 Å². The van der Waals surface area contributed by atoms with Crippen LogP contribution in [0.5, 0.6) is 0 Å². The molecule has 1 saturated heterocycles. The minimum atomic E-state index is -3.72. The number of unbranched alkanes of at least 4 members (excludes halogenated alkanes) is 1. The highest BCUT2D eigenvalue weighted by molar-refractivity contribution is 9.10. The first-order valence-corrected chi connectivity index (χ1v) is 13.9. The number of hydrogen-bond acceptors (Lipinski definition) is 9. The van der Waals surface area contributed by atoms with Crippen molar-refractivity contribution in [3.8, 4) is 0 Å². The van der Waals surface area contributed by atoms with Gasteiger partial charge in [-0.2, -0.15) is 0 Å². The lowest BCUT2D eigenvalue weighted by Crippen LogP contribution is -2.44. The summed E-state index contributed by atoms with van der Waals surface area (Å²) in [6.45, 7) is 6.28. The van der Waals surface area contributed by atoms with E-state index in [0.717, 1.165) is 67.7 Å². The van der Waals surface area contributed by atoms with Gasteiger partial charge in [-0.1, -0.05) is 22.0 Å². The van der Waals surface area contributed by atoms with Crippen molar-refractivity contribution in [3.05, 3.63) is 58.9 Å². The number of likely N-dealkylation sites (N-methyl/N-ethyl adjacent to an activating group) is 1. The van der Waals surface area contributed by atoms with E-state index >= 15 is 0 Å².